The summed E-state index contributed by atoms with van der Waals surface area (Å²) in [5, 5.41) is 0.652. The zero-order chi connectivity index (χ0) is 19.5. The summed E-state index contributed by atoms with van der Waals surface area (Å²) >= 11 is 0. The van der Waals surface area contributed by atoms with E-state index in [0.29, 0.717) is 39.8 Å². The Kier molecular flexibility index (Phi) is 6.63. The van der Waals surface area contributed by atoms with Gasteiger partial charge in [-0.3, -0.25) is 0 Å². The van der Waals surface area contributed by atoms with Gasteiger partial charge in [0.2, 0.25) is 0 Å². The number of carbonyl (C=O) groups excluding carboxylic acids is 1. The van der Waals surface area contributed by atoms with Gasteiger partial charge < -0.3 is 14.1 Å². The van der Waals surface area contributed by atoms with Gasteiger partial charge in [0.15, 0.2) is 8.32 Å². The summed E-state index contributed by atoms with van der Waals surface area (Å²) in [5.74, 6) is -0.779. The summed E-state index contributed by atoms with van der Waals surface area (Å²) in [6.45, 7) is 14.0. The molecule has 0 saturated heterocycles. The minimum atomic E-state index is -1.95. The zero-order valence-corrected chi connectivity index (χ0v) is 17.6. The Morgan fingerprint density at radius 2 is 1.65 bits per heavy atom. The predicted molar refractivity (Wildman–Crippen MR) is 106 cm³/mol. The Hall–Kier alpha value is -1.66. The van der Waals surface area contributed by atoms with Crippen molar-refractivity contribution in [3.8, 4) is 0 Å². The molecular weight excluding hydrogens is 349 g/mol. The van der Waals surface area contributed by atoms with E-state index in [9.17, 15) is 9.18 Å². The first-order chi connectivity index (χ1) is 12.2. The minimum Gasteiger partial charge on any atom is -0.459 e. The van der Waals surface area contributed by atoms with Gasteiger partial charge in [0, 0.05) is 10.9 Å². The Labute approximate surface area is 156 Å². The van der Waals surface area contributed by atoms with Crippen molar-refractivity contribution in [1.82, 2.24) is 4.98 Å². The molecule has 0 amide bonds. The molecule has 1 N–H and O–H groups in total. The van der Waals surface area contributed by atoms with Crippen molar-refractivity contribution in [3.05, 3.63) is 35.8 Å². The molecule has 1 heterocycles. The van der Waals surface area contributed by atoms with Gasteiger partial charge in [-0.15, -0.1) is 0 Å². The minimum absolute atomic E-state index is 0.212. The average Bonchev–Trinajstić information content (AvgIpc) is 2.96. The standard InChI is InChI=1S/C20H30FNO3Si/c1-13(2)26(14(3)4,15(5)6)25-10-9-24-20(23)19-12-16-11-17(21)7-8-18(16)22-19/h7-8,11-15,22H,9-10H2,1-6H3. The second-order valence-electron chi connectivity index (χ2n) is 7.72. The molecule has 1 aromatic heterocycles. The second kappa shape index (κ2) is 8.35. The summed E-state index contributed by atoms with van der Waals surface area (Å²) in [4.78, 5) is 15.2. The highest BCUT2D eigenvalue weighted by Gasteiger charge is 2.44. The topological polar surface area (TPSA) is 51.3 Å². The molecule has 0 bridgehead atoms. The molecule has 2 aromatic rings. The number of hydrogen-bond acceptors (Lipinski definition) is 3. The Balaban J connectivity index is 1.96. The van der Waals surface area contributed by atoms with Crippen molar-refractivity contribution >= 4 is 25.2 Å². The number of hydrogen-bond donors (Lipinski definition) is 1. The summed E-state index contributed by atoms with van der Waals surface area (Å²) in [6.07, 6.45) is 0. The zero-order valence-electron chi connectivity index (χ0n) is 16.6. The quantitative estimate of drug-likeness (QED) is 0.366. The van der Waals surface area contributed by atoms with Crippen LogP contribution in [0.15, 0.2) is 24.3 Å². The van der Waals surface area contributed by atoms with E-state index in [1.807, 2.05) is 0 Å². The van der Waals surface area contributed by atoms with Crippen LogP contribution < -0.4 is 0 Å². The van der Waals surface area contributed by atoms with Crippen molar-refractivity contribution in [2.45, 2.75) is 58.2 Å². The number of fused-ring (bicyclic) bond motifs is 1. The SMILES string of the molecule is CC(C)[Si](OCCOC(=O)c1cc2cc(F)ccc2[nH]1)(C(C)C)C(C)C. The van der Waals surface area contributed by atoms with Crippen molar-refractivity contribution in [1.29, 1.82) is 0 Å². The molecule has 0 unspecified atom stereocenters. The molecule has 1 aromatic carbocycles. The van der Waals surface area contributed by atoms with Crippen LogP contribution >= 0.6 is 0 Å². The number of carbonyl (C=O) groups is 1. The summed E-state index contributed by atoms with van der Waals surface area (Å²) in [7, 11) is -1.95. The number of rotatable bonds is 8. The number of halogens is 1. The molecule has 2 rings (SSSR count). The van der Waals surface area contributed by atoms with Crippen molar-refractivity contribution in [2.75, 3.05) is 13.2 Å². The smallest absolute Gasteiger partial charge is 0.354 e. The van der Waals surface area contributed by atoms with Crippen LogP contribution in [0.4, 0.5) is 4.39 Å². The third kappa shape index (κ3) is 4.18. The van der Waals surface area contributed by atoms with E-state index in [4.69, 9.17) is 9.16 Å². The van der Waals surface area contributed by atoms with Crippen LogP contribution in [0.5, 0.6) is 0 Å². The van der Waals surface area contributed by atoms with Crippen LogP contribution in [0.1, 0.15) is 52.0 Å². The van der Waals surface area contributed by atoms with Gasteiger partial charge in [-0.05, 0) is 40.9 Å². The molecule has 0 aliphatic rings. The van der Waals surface area contributed by atoms with E-state index in [0.717, 1.165) is 0 Å². The lowest BCUT2D eigenvalue weighted by atomic mass is 10.2. The van der Waals surface area contributed by atoms with Crippen molar-refractivity contribution in [3.63, 3.8) is 0 Å². The van der Waals surface area contributed by atoms with E-state index < -0.39 is 14.3 Å². The van der Waals surface area contributed by atoms with E-state index in [2.05, 4.69) is 46.5 Å². The molecule has 144 valence electrons. The van der Waals surface area contributed by atoms with Gasteiger partial charge in [-0.1, -0.05) is 41.5 Å². The Morgan fingerprint density at radius 3 is 2.23 bits per heavy atom. The normalized spacial score (nSPS) is 12.5. The van der Waals surface area contributed by atoms with E-state index >= 15 is 0 Å². The summed E-state index contributed by atoms with van der Waals surface area (Å²) in [5.41, 5.74) is 2.50. The highest BCUT2D eigenvalue weighted by atomic mass is 28.4. The number of benzene rings is 1. The largest absolute Gasteiger partial charge is 0.459 e. The van der Waals surface area contributed by atoms with Gasteiger partial charge in [-0.25, -0.2) is 9.18 Å². The maximum atomic E-state index is 13.3. The summed E-state index contributed by atoms with van der Waals surface area (Å²) < 4.78 is 25.0. The highest BCUT2D eigenvalue weighted by Crippen LogP contribution is 2.42. The fourth-order valence-electron chi connectivity index (χ4n) is 4.14. The molecule has 0 radical (unpaired) electrons. The number of H-pyrrole nitrogens is 1. The van der Waals surface area contributed by atoms with E-state index in [1.54, 1.807) is 12.1 Å². The number of aromatic nitrogens is 1. The Bertz CT molecular complexity index is 733. The molecule has 26 heavy (non-hydrogen) atoms. The average molecular weight is 380 g/mol. The molecule has 0 spiro atoms. The number of esters is 1. The first kappa shape index (κ1) is 20.6. The number of ether oxygens (including phenoxy) is 1. The van der Waals surface area contributed by atoms with Crippen LogP contribution in [0.25, 0.3) is 10.9 Å². The monoisotopic (exact) mass is 379 g/mol. The van der Waals surface area contributed by atoms with Crippen molar-refractivity contribution in [2.24, 2.45) is 0 Å². The molecule has 4 nitrogen and oxygen atoms in total. The lowest BCUT2D eigenvalue weighted by Gasteiger charge is -2.42. The van der Waals surface area contributed by atoms with Gasteiger partial charge >= 0.3 is 5.97 Å². The lowest BCUT2D eigenvalue weighted by molar-refractivity contribution is 0.0433. The van der Waals surface area contributed by atoms with Crippen LogP contribution in [0, 0.1) is 5.82 Å². The van der Waals surface area contributed by atoms with Gasteiger partial charge in [0.05, 0.1) is 6.61 Å². The molecule has 0 aliphatic carbocycles. The van der Waals surface area contributed by atoms with E-state index in [1.165, 1.54) is 12.1 Å². The van der Waals surface area contributed by atoms with Crippen molar-refractivity contribution < 1.29 is 18.3 Å². The maximum Gasteiger partial charge on any atom is 0.354 e. The van der Waals surface area contributed by atoms with Gasteiger partial charge in [0.25, 0.3) is 0 Å². The van der Waals surface area contributed by atoms with Gasteiger partial charge in [-0.2, -0.15) is 0 Å². The fraction of sp³-hybridized carbons (Fsp3) is 0.550. The van der Waals surface area contributed by atoms with Crippen LogP contribution in [-0.4, -0.2) is 32.5 Å². The van der Waals surface area contributed by atoms with Crippen LogP contribution in [0.3, 0.4) is 0 Å². The first-order valence-electron chi connectivity index (χ1n) is 9.27. The third-order valence-electron chi connectivity index (χ3n) is 5.18. The molecule has 0 aliphatic heterocycles. The first-order valence-corrected chi connectivity index (χ1v) is 11.4. The maximum absolute atomic E-state index is 13.3. The molecule has 0 fully saturated rings. The molecule has 0 atom stereocenters. The summed E-state index contributed by atoms with van der Waals surface area (Å²) in [6, 6.07) is 5.96. The lowest BCUT2D eigenvalue weighted by Crippen LogP contribution is -2.48. The van der Waals surface area contributed by atoms with Crippen LogP contribution in [0.2, 0.25) is 16.6 Å². The molecule has 0 saturated carbocycles. The fourth-order valence-corrected chi connectivity index (χ4v) is 9.58. The highest BCUT2D eigenvalue weighted by molar-refractivity contribution is 6.77. The number of aromatic amines is 1. The molecule has 6 heteroatoms. The van der Waals surface area contributed by atoms with Crippen LogP contribution in [-0.2, 0) is 9.16 Å². The van der Waals surface area contributed by atoms with Gasteiger partial charge in [0.1, 0.15) is 18.1 Å². The predicted octanol–water partition coefficient (Wildman–Crippen LogP) is 5.66. The Morgan fingerprint density at radius 1 is 1.04 bits per heavy atom. The molecular formula is C20H30FNO3Si. The second-order valence-corrected chi connectivity index (χ2v) is 13.2. The number of nitrogens with one attached hydrogen (secondary N) is 1. The third-order valence-corrected chi connectivity index (χ3v) is 11.3. The van der Waals surface area contributed by atoms with E-state index in [-0.39, 0.29) is 12.4 Å².